The third-order valence-corrected chi connectivity index (χ3v) is 6.50. The van der Waals surface area contributed by atoms with Gasteiger partial charge in [0.2, 0.25) is 0 Å². The number of hydrogen-bond acceptors (Lipinski definition) is 3. The van der Waals surface area contributed by atoms with Crippen molar-refractivity contribution in [1.82, 2.24) is 4.90 Å². The number of hydrogen-bond donors (Lipinski definition) is 2. The van der Waals surface area contributed by atoms with Crippen molar-refractivity contribution >= 4 is 29.0 Å². The molecule has 3 aromatic rings. The van der Waals surface area contributed by atoms with Crippen LogP contribution in [0, 0.1) is 0 Å². The van der Waals surface area contributed by atoms with Crippen molar-refractivity contribution < 1.29 is 22.8 Å². The van der Waals surface area contributed by atoms with Crippen molar-refractivity contribution in [3.8, 4) is 0 Å². The van der Waals surface area contributed by atoms with E-state index in [-0.39, 0.29) is 17.0 Å². The van der Waals surface area contributed by atoms with Gasteiger partial charge in [-0.25, -0.2) is 4.79 Å². The molecule has 200 valence electrons. The molecular formula is C29H31F3N4O2. The molecule has 3 aromatic carbocycles. The van der Waals surface area contributed by atoms with Crippen LogP contribution >= 0.6 is 0 Å². The summed E-state index contributed by atoms with van der Waals surface area (Å²) >= 11 is 0. The Kier molecular flexibility index (Phi) is 7.66. The zero-order valence-electron chi connectivity index (χ0n) is 21.6. The summed E-state index contributed by atoms with van der Waals surface area (Å²) in [6.07, 6.45) is -4.49. The Morgan fingerprint density at radius 3 is 1.92 bits per heavy atom. The maximum absolute atomic E-state index is 13.0. The van der Waals surface area contributed by atoms with E-state index in [1.54, 1.807) is 12.1 Å². The largest absolute Gasteiger partial charge is 0.416 e. The number of urea groups is 1. The average Bonchev–Trinajstić information content (AvgIpc) is 2.88. The molecule has 0 aromatic heterocycles. The number of rotatable bonds is 4. The first-order valence-electron chi connectivity index (χ1n) is 12.4. The van der Waals surface area contributed by atoms with E-state index in [0.29, 0.717) is 37.4 Å². The van der Waals surface area contributed by atoms with E-state index in [1.165, 1.54) is 17.7 Å². The summed E-state index contributed by atoms with van der Waals surface area (Å²) < 4.78 is 38.6. The van der Waals surface area contributed by atoms with Crippen molar-refractivity contribution in [2.45, 2.75) is 32.4 Å². The van der Waals surface area contributed by atoms with Crippen molar-refractivity contribution in [3.05, 3.63) is 89.5 Å². The number of carbonyl (C=O) groups excluding carboxylic acids is 2. The van der Waals surface area contributed by atoms with Gasteiger partial charge >= 0.3 is 12.2 Å². The molecule has 0 radical (unpaired) electrons. The monoisotopic (exact) mass is 524 g/mol. The number of halogens is 3. The van der Waals surface area contributed by atoms with Crippen LogP contribution in [0.1, 0.15) is 42.3 Å². The van der Waals surface area contributed by atoms with E-state index in [0.717, 1.165) is 17.8 Å². The van der Waals surface area contributed by atoms with Gasteiger partial charge in [-0.3, -0.25) is 4.79 Å². The number of piperazine rings is 1. The van der Waals surface area contributed by atoms with Crippen molar-refractivity contribution in [2.75, 3.05) is 41.7 Å². The molecule has 0 saturated carbocycles. The standard InChI is InChI=1S/C29H31F3N4O2/c1-28(2,3)21-9-7-20(8-10-21)26(37)36-17-15-35(16-18-36)25-13-11-23(12-14-25)33-27(38)34-24-6-4-5-22(19-24)29(30,31)32/h4-14,19H,15-18H2,1-3H3,(H2,33,34,38). The van der Waals surface area contributed by atoms with E-state index in [9.17, 15) is 22.8 Å². The zero-order chi connectivity index (χ0) is 27.5. The topological polar surface area (TPSA) is 64.7 Å². The fourth-order valence-corrected chi connectivity index (χ4v) is 4.29. The number of nitrogens with one attached hydrogen (secondary N) is 2. The number of anilines is 3. The van der Waals surface area contributed by atoms with E-state index in [2.05, 4.69) is 36.3 Å². The molecule has 38 heavy (non-hydrogen) atoms. The van der Waals surface area contributed by atoms with Crippen LogP contribution in [-0.2, 0) is 11.6 Å². The molecule has 1 heterocycles. The van der Waals surface area contributed by atoms with E-state index < -0.39 is 17.8 Å². The molecule has 0 atom stereocenters. The summed E-state index contributed by atoms with van der Waals surface area (Å²) in [4.78, 5) is 29.2. The fourth-order valence-electron chi connectivity index (χ4n) is 4.29. The minimum Gasteiger partial charge on any atom is -0.368 e. The van der Waals surface area contributed by atoms with Crippen LogP contribution in [0.5, 0.6) is 0 Å². The molecule has 1 fully saturated rings. The number of alkyl halides is 3. The van der Waals surface area contributed by atoms with Crippen LogP contribution in [0.15, 0.2) is 72.8 Å². The molecule has 9 heteroatoms. The smallest absolute Gasteiger partial charge is 0.368 e. The van der Waals surface area contributed by atoms with Gasteiger partial charge in [-0.2, -0.15) is 13.2 Å². The SMILES string of the molecule is CC(C)(C)c1ccc(C(=O)N2CCN(c3ccc(NC(=O)Nc4cccc(C(F)(F)F)c4)cc3)CC2)cc1. The Bertz CT molecular complexity index is 1270. The molecule has 4 rings (SSSR count). The lowest BCUT2D eigenvalue weighted by Crippen LogP contribution is -2.48. The number of amides is 3. The van der Waals surface area contributed by atoms with E-state index >= 15 is 0 Å². The van der Waals surface area contributed by atoms with Crippen LogP contribution in [0.4, 0.5) is 35.0 Å². The normalized spacial score (nSPS) is 14.3. The molecule has 0 unspecified atom stereocenters. The summed E-state index contributed by atoms with van der Waals surface area (Å²) in [7, 11) is 0. The van der Waals surface area contributed by atoms with Gasteiger partial charge in [0.1, 0.15) is 0 Å². The molecule has 1 aliphatic rings. The third kappa shape index (κ3) is 6.65. The summed E-state index contributed by atoms with van der Waals surface area (Å²) in [5.74, 6) is 0.0245. The van der Waals surface area contributed by atoms with Crippen LogP contribution in [-0.4, -0.2) is 43.0 Å². The quantitative estimate of drug-likeness (QED) is 0.404. The van der Waals surface area contributed by atoms with E-state index in [1.807, 2.05) is 41.3 Å². The van der Waals surface area contributed by atoms with Gasteiger partial charge in [0.25, 0.3) is 5.91 Å². The molecular weight excluding hydrogens is 493 g/mol. The number of carbonyl (C=O) groups is 2. The number of benzene rings is 3. The van der Waals surface area contributed by atoms with Crippen LogP contribution in [0.3, 0.4) is 0 Å². The molecule has 3 amide bonds. The maximum atomic E-state index is 13.0. The second-order valence-corrected chi connectivity index (χ2v) is 10.3. The predicted molar refractivity (Wildman–Crippen MR) is 144 cm³/mol. The molecule has 1 saturated heterocycles. The minimum absolute atomic E-state index is 0.0245. The van der Waals surface area contributed by atoms with Gasteiger partial charge in [0.05, 0.1) is 5.56 Å². The second kappa shape index (κ2) is 10.8. The Balaban J connectivity index is 1.29. The van der Waals surface area contributed by atoms with Gasteiger partial charge < -0.3 is 20.4 Å². The Morgan fingerprint density at radius 1 is 0.737 bits per heavy atom. The van der Waals surface area contributed by atoms with Crippen molar-refractivity contribution in [2.24, 2.45) is 0 Å². The first kappa shape index (κ1) is 27.0. The fraction of sp³-hybridized carbons (Fsp3) is 0.310. The maximum Gasteiger partial charge on any atom is 0.416 e. The van der Waals surface area contributed by atoms with Crippen molar-refractivity contribution in [3.63, 3.8) is 0 Å². The Labute approximate surface area is 220 Å². The summed E-state index contributed by atoms with van der Waals surface area (Å²) in [5, 5.41) is 5.05. The van der Waals surface area contributed by atoms with Crippen LogP contribution in [0.25, 0.3) is 0 Å². The second-order valence-electron chi connectivity index (χ2n) is 10.3. The first-order valence-corrected chi connectivity index (χ1v) is 12.4. The molecule has 1 aliphatic heterocycles. The van der Waals surface area contributed by atoms with Crippen LogP contribution in [0.2, 0.25) is 0 Å². The Morgan fingerprint density at radius 2 is 1.34 bits per heavy atom. The third-order valence-electron chi connectivity index (χ3n) is 6.50. The van der Waals surface area contributed by atoms with Gasteiger partial charge in [-0.15, -0.1) is 0 Å². The summed E-state index contributed by atoms with van der Waals surface area (Å²) in [6, 6.07) is 18.8. The van der Waals surface area contributed by atoms with Gasteiger partial charge in [0, 0.05) is 48.8 Å². The minimum atomic E-state index is -4.49. The predicted octanol–water partition coefficient (Wildman–Crippen LogP) is 6.61. The highest BCUT2D eigenvalue weighted by Gasteiger charge is 2.30. The highest BCUT2D eigenvalue weighted by atomic mass is 19.4. The highest BCUT2D eigenvalue weighted by molar-refractivity contribution is 6.00. The highest BCUT2D eigenvalue weighted by Crippen LogP contribution is 2.31. The number of nitrogens with zero attached hydrogens (tertiary/aromatic N) is 2. The summed E-state index contributed by atoms with van der Waals surface area (Å²) in [6.45, 7) is 8.96. The lowest BCUT2D eigenvalue weighted by Gasteiger charge is -2.36. The molecule has 0 aliphatic carbocycles. The molecule has 0 spiro atoms. The van der Waals surface area contributed by atoms with Gasteiger partial charge in [-0.05, 0) is 65.6 Å². The van der Waals surface area contributed by atoms with E-state index in [4.69, 9.17) is 0 Å². The summed E-state index contributed by atoms with van der Waals surface area (Å²) in [5.41, 5.74) is 2.58. The van der Waals surface area contributed by atoms with Crippen molar-refractivity contribution in [1.29, 1.82) is 0 Å². The van der Waals surface area contributed by atoms with Crippen LogP contribution < -0.4 is 15.5 Å². The van der Waals surface area contributed by atoms with Gasteiger partial charge in [0.15, 0.2) is 0 Å². The Hall–Kier alpha value is -4.01. The zero-order valence-corrected chi connectivity index (χ0v) is 21.6. The lowest BCUT2D eigenvalue weighted by atomic mass is 9.86. The van der Waals surface area contributed by atoms with Gasteiger partial charge in [-0.1, -0.05) is 39.0 Å². The molecule has 0 bridgehead atoms. The molecule has 2 N–H and O–H groups in total. The average molecular weight is 525 g/mol. The molecule has 6 nitrogen and oxygen atoms in total. The lowest BCUT2D eigenvalue weighted by molar-refractivity contribution is -0.137. The first-order chi connectivity index (χ1) is 17.9.